The topological polar surface area (TPSA) is 59.6 Å². The Labute approximate surface area is 234 Å². The summed E-state index contributed by atoms with van der Waals surface area (Å²) in [4.78, 5) is 13.1. The van der Waals surface area contributed by atoms with Crippen molar-refractivity contribution < 1.29 is 14.3 Å². The highest BCUT2D eigenvalue weighted by Gasteiger charge is 2.53. The molecule has 5 aromatic carbocycles. The van der Waals surface area contributed by atoms with Crippen molar-refractivity contribution in [3.63, 3.8) is 0 Å². The fraction of sp³-hybridized carbons (Fsp3) is 0.0312. The van der Waals surface area contributed by atoms with E-state index >= 15 is 0 Å². The first kappa shape index (κ1) is 23.7. The van der Waals surface area contributed by atoms with E-state index in [0.717, 1.165) is 39.4 Å². The van der Waals surface area contributed by atoms with Gasteiger partial charge in [0.1, 0.15) is 11.5 Å². The van der Waals surface area contributed by atoms with E-state index in [-0.39, 0.29) is 5.97 Å². The highest BCUT2D eigenvalue weighted by Crippen LogP contribution is 2.56. The van der Waals surface area contributed by atoms with Gasteiger partial charge in [0.15, 0.2) is 5.60 Å². The van der Waals surface area contributed by atoms with Gasteiger partial charge in [-0.15, -0.1) is 0 Å². The summed E-state index contributed by atoms with van der Waals surface area (Å²) in [7, 11) is 0. The van der Waals surface area contributed by atoms with Crippen LogP contribution in [-0.2, 0) is 10.3 Å². The van der Waals surface area contributed by atoms with Gasteiger partial charge >= 0.3 is 5.97 Å². The highest BCUT2D eigenvalue weighted by atomic mass is 35.5. The van der Waals surface area contributed by atoms with Crippen LogP contribution in [0.1, 0.15) is 27.0 Å². The van der Waals surface area contributed by atoms with Crippen LogP contribution in [0.5, 0.6) is 11.5 Å². The molecule has 2 N–H and O–H groups in total. The average molecular weight is 551 g/mol. The maximum Gasteiger partial charge on any atom is 0.340 e. The molecule has 7 rings (SSSR count). The number of benzene rings is 5. The number of nitrogens with one attached hydrogen (secondary N) is 2. The molecule has 0 unspecified atom stereocenters. The SMILES string of the molecule is O=C1OC2(c3ccc(Nc4ccc(Cl)cc4)cc3Oc3cc(Nc4ccc(Cl)cc4)ccc32)c2ccccc21. The van der Waals surface area contributed by atoms with E-state index in [2.05, 4.69) is 10.6 Å². The van der Waals surface area contributed by atoms with Crippen LogP contribution in [0.25, 0.3) is 0 Å². The molecule has 1 spiro atoms. The zero-order valence-electron chi connectivity index (χ0n) is 20.4. The molecule has 0 aromatic heterocycles. The maximum atomic E-state index is 13.1. The zero-order chi connectivity index (χ0) is 26.6. The Balaban J connectivity index is 1.35. The van der Waals surface area contributed by atoms with Gasteiger partial charge in [0, 0.05) is 61.6 Å². The first-order chi connectivity index (χ1) is 19.0. The second-order valence-corrected chi connectivity index (χ2v) is 10.3. The van der Waals surface area contributed by atoms with Crippen LogP contribution in [0.2, 0.25) is 10.0 Å². The molecule has 0 fully saturated rings. The lowest BCUT2D eigenvalue weighted by Crippen LogP contribution is -2.33. The highest BCUT2D eigenvalue weighted by molar-refractivity contribution is 6.30. The van der Waals surface area contributed by atoms with Crippen molar-refractivity contribution in [3.05, 3.63) is 141 Å². The molecule has 2 aliphatic rings. The lowest BCUT2D eigenvalue weighted by Gasteiger charge is -2.37. The maximum absolute atomic E-state index is 13.1. The molecule has 5 aromatic rings. The largest absolute Gasteiger partial charge is 0.456 e. The van der Waals surface area contributed by atoms with Gasteiger partial charge in [0.25, 0.3) is 0 Å². The third kappa shape index (κ3) is 3.98. The number of hydrogen-bond acceptors (Lipinski definition) is 5. The van der Waals surface area contributed by atoms with E-state index in [4.69, 9.17) is 32.7 Å². The van der Waals surface area contributed by atoms with Gasteiger partial charge in [0.2, 0.25) is 0 Å². The van der Waals surface area contributed by atoms with Crippen LogP contribution < -0.4 is 15.4 Å². The number of fused-ring (bicyclic) bond motifs is 6. The Kier molecular flexibility index (Phi) is 5.51. The molecule has 190 valence electrons. The second kappa shape index (κ2) is 9.09. The van der Waals surface area contributed by atoms with Gasteiger partial charge in [-0.25, -0.2) is 4.79 Å². The molecular weight excluding hydrogens is 531 g/mol. The Morgan fingerprint density at radius 2 is 1.05 bits per heavy atom. The molecule has 0 radical (unpaired) electrons. The molecule has 7 heteroatoms. The molecule has 0 bridgehead atoms. The number of ether oxygens (including phenoxy) is 2. The van der Waals surface area contributed by atoms with Gasteiger partial charge in [-0.05, 0) is 78.9 Å². The Hall–Kier alpha value is -4.45. The summed E-state index contributed by atoms with van der Waals surface area (Å²) in [5, 5.41) is 8.11. The number of esters is 1. The normalized spacial score (nSPS) is 14.1. The molecule has 0 saturated heterocycles. The number of anilines is 4. The Bertz CT molecular complexity index is 1650. The third-order valence-corrected chi connectivity index (χ3v) is 7.48. The van der Waals surface area contributed by atoms with Crippen LogP contribution in [0.4, 0.5) is 22.7 Å². The van der Waals surface area contributed by atoms with Crippen molar-refractivity contribution >= 4 is 51.9 Å². The van der Waals surface area contributed by atoms with E-state index in [9.17, 15) is 4.79 Å². The van der Waals surface area contributed by atoms with E-state index in [1.165, 1.54) is 0 Å². The molecular formula is C32H20Cl2N2O3. The smallest absolute Gasteiger partial charge is 0.340 e. The van der Waals surface area contributed by atoms with Gasteiger partial charge < -0.3 is 20.1 Å². The minimum absolute atomic E-state index is 0.365. The summed E-state index contributed by atoms with van der Waals surface area (Å²) >= 11 is 12.1. The van der Waals surface area contributed by atoms with Gasteiger partial charge in [0.05, 0.1) is 5.56 Å². The molecule has 0 saturated carbocycles. The molecule has 39 heavy (non-hydrogen) atoms. The van der Waals surface area contributed by atoms with E-state index in [1.807, 2.05) is 103 Å². The third-order valence-electron chi connectivity index (χ3n) is 6.98. The summed E-state index contributed by atoms with van der Waals surface area (Å²) < 4.78 is 12.8. The van der Waals surface area contributed by atoms with Crippen molar-refractivity contribution in [2.45, 2.75) is 5.60 Å². The number of hydrogen-bond donors (Lipinski definition) is 2. The van der Waals surface area contributed by atoms with Crippen molar-refractivity contribution in [3.8, 4) is 11.5 Å². The Morgan fingerprint density at radius 3 is 1.59 bits per heavy atom. The summed E-state index contributed by atoms with van der Waals surface area (Å²) in [5.41, 5.74) is 5.14. The average Bonchev–Trinajstić information content (AvgIpc) is 3.24. The zero-order valence-corrected chi connectivity index (χ0v) is 21.9. The lowest BCUT2D eigenvalue weighted by atomic mass is 9.77. The molecule has 0 aliphatic carbocycles. The number of halogens is 2. The summed E-state index contributed by atoms with van der Waals surface area (Å²) in [6, 6.07) is 34.1. The van der Waals surface area contributed by atoms with Crippen LogP contribution in [0.15, 0.2) is 109 Å². The minimum Gasteiger partial charge on any atom is -0.456 e. The van der Waals surface area contributed by atoms with Crippen molar-refractivity contribution in [2.24, 2.45) is 0 Å². The van der Waals surface area contributed by atoms with Gasteiger partial charge in [-0.1, -0.05) is 41.4 Å². The van der Waals surface area contributed by atoms with Crippen molar-refractivity contribution in [2.75, 3.05) is 10.6 Å². The quantitative estimate of drug-likeness (QED) is 0.218. The van der Waals surface area contributed by atoms with Crippen molar-refractivity contribution in [1.29, 1.82) is 0 Å². The van der Waals surface area contributed by atoms with Gasteiger partial charge in [-0.2, -0.15) is 0 Å². The van der Waals surface area contributed by atoms with Gasteiger partial charge in [-0.3, -0.25) is 0 Å². The monoisotopic (exact) mass is 550 g/mol. The molecule has 5 nitrogen and oxygen atoms in total. The van der Waals surface area contributed by atoms with E-state index in [0.29, 0.717) is 27.1 Å². The standard InChI is InChI=1S/C32H20Cl2N2O3/c33-19-5-9-21(10-6-19)35-23-13-15-27-29(17-23)38-30-18-24(36-22-11-7-20(34)8-12-22)14-16-28(30)32(27)26-4-2-1-3-25(26)31(37)39-32/h1-18,35-36H. The fourth-order valence-electron chi connectivity index (χ4n) is 5.23. The van der Waals surface area contributed by atoms with E-state index in [1.54, 1.807) is 6.07 Å². The number of carbonyl (C=O) groups is 1. The number of rotatable bonds is 4. The second-order valence-electron chi connectivity index (χ2n) is 9.40. The number of carbonyl (C=O) groups excluding carboxylic acids is 1. The first-order valence-electron chi connectivity index (χ1n) is 12.3. The first-order valence-corrected chi connectivity index (χ1v) is 13.1. The minimum atomic E-state index is -1.13. The van der Waals surface area contributed by atoms with E-state index < -0.39 is 5.60 Å². The van der Waals surface area contributed by atoms with Crippen LogP contribution in [0.3, 0.4) is 0 Å². The summed E-state index contributed by atoms with van der Waals surface area (Å²) in [6.07, 6.45) is 0. The summed E-state index contributed by atoms with van der Waals surface area (Å²) in [6.45, 7) is 0. The predicted molar refractivity (Wildman–Crippen MR) is 154 cm³/mol. The fourth-order valence-corrected chi connectivity index (χ4v) is 5.48. The van der Waals surface area contributed by atoms with Crippen molar-refractivity contribution in [1.82, 2.24) is 0 Å². The Morgan fingerprint density at radius 1 is 0.564 bits per heavy atom. The van der Waals surface area contributed by atoms with Crippen LogP contribution >= 0.6 is 23.2 Å². The molecule has 0 amide bonds. The predicted octanol–water partition coefficient (Wildman–Crippen LogP) is 9.05. The molecule has 2 heterocycles. The molecule has 2 aliphatic heterocycles. The lowest BCUT2D eigenvalue weighted by molar-refractivity contribution is 0.0224. The molecule has 0 atom stereocenters. The van der Waals surface area contributed by atoms with Crippen LogP contribution in [-0.4, -0.2) is 5.97 Å². The van der Waals surface area contributed by atoms with Crippen LogP contribution in [0, 0.1) is 0 Å². The summed E-state index contributed by atoms with van der Waals surface area (Å²) in [5.74, 6) is 0.820.